The van der Waals surface area contributed by atoms with Gasteiger partial charge in [-0.2, -0.15) is 10.2 Å². The quantitative estimate of drug-likeness (QED) is 0.238. The molecule has 0 bridgehead atoms. The van der Waals surface area contributed by atoms with E-state index in [1.807, 2.05) is 97.1 Å². The Labute approximate surface area is 251 Å². The van der Waals surface area contributed by atoms with Crippen molar-refractivity contribution in [1.82, 2.24) is 29.4 Å². The summed E-state index contributed by atoms with van der Waals surface area (Å²) in [6.45, 7) is 1.43. The Bertz CT molecular complexity index is 1710. The number of carbonyl (C=O) groups excluding carboxylic acids is 2. The number of amides is 2. The molecule has 8 nitrogen and oxygen atoms in total. The second-order valence-electron chi connectivity index (χ2n) is 10.8. The molecule has 1 aliphatic rings. The predicted molar refractivity (Wildman–Crippen MR) is 166 cm³/mol. The fraction of sp³-hybridized carbons (Fsp3) is 0.200. The van der Waals surface area contributed by atoms with Crippen LogP contribution in [0.2, 0.25) is 0 Å². The SMILES string of the molecule is Cn1cc(C=CC(=O)N(Cc2ccc(-n3cccn3)cc2)[C@@H](Cc2ccccc2)C(=O)N2CCc3ccccc3C2)cn1. The molecule has 2 amide bonds. The molecule has 5 aromatic rings. The molecule has 0 aliphatic carbocycles. The van der Waals surface area contributed by atoms with Crippen LogP contribution >= 0.6 is 0 Å². The van der Waals surface area contributed by atoms with E-state index in [0.29, 0.717) is 19.5 Å². The van der Waals surface area contributed by atoms with Gasteiger partial charge < -0.3 is 9.80 Å². The van der Waals surface area contributed by atoms with Crippen LogP contribution < -0.4 is 0 Å². The molecule has 6 rings (SSSR count). The minimum atomic E-state index is -0.690. The molecule has 0 spiro atoms. The van der Waals surface area contributed by atoms with Gasteiger partial charge in [-0.15, -0.1) is 0 Å². The number of rotatable bonds is 9. The molecule has 1 atom stereocenters. The van der Waals surface area contributed by atoms with E-state index < -0.39 is 6.04 Å². The third-order valence-corrected chi connectivity index (χ3v) is 7.86. The van der Waals surface area contributed by atoms with Gasteiger partial charge in [0.2, 0.25) is 11.8 Å². The highest BCUT2D eigenvalue weighted by Gasteiger charge is 2.34. The summed E-state index contributed by atoms with van der Waals surface area (Å²) in [5, 5.41) is 8.52. The lowest BCUT2D eigenvalue weighted by Gasteiger charge is -2.37. The van der Waals surface area contributed by atoms with Crippen LogP contribution in [-0.2, 0) is 42.6 Å². The van der Waals surface area contributed by atoms with Crippen molar-refractivity contribution in [1.29, 1.82) is 0 Å². The summed E-state index contributed by atoms with van der Waals surface area (Å²) in [5.41, 5.74) is 6.10. The van der Waals surface area contributed by atoms with E-state index in [1.54, 1.807) is 38.8 Å². The van der Waals surface area contributed by atoms with Gasteiger partial charge in [-0.1, -0.05) is 66.7 Å². The van der Waals surface area contributed by atoms with Crippen LogP contribution in [0.5, 0.6) is 0 Å². The van der Waals surface area contributed by atoms with Crippen molar-refractivity contribution in [3.05, 3.63) is 144 Å². The largest absolute Gasteiger partial charge is 0.336 e. The molecular weight excluding hydrogens is 536 g/mol. The van der Waals surface area contributed by atoms with Gasteiger partial charge in [0.05, 0.1) is 11.9 Å². The fourth-order valence-electron chi connectivity index (χ4n) is 5.57. The van der Waals surface area contributed by atoms with E-state index in [9.17, 15) is 9.59 Å². The second kappa shape index (κ2) is 12.7. The third-order valence-electron chi connectivity index (χ3n) is 7.86. The summed E-state index contributed by atoms with van der Waals surface area (Å²) in [7, 11) is 1.84. The van der Waals surface area contributed by atoms with Gasteiger partial charge in [0.15, 0.2) is 0 Å². The normalized spacial score (nSPS) is 13.6. The van der Waals surface area contributed by atoms with E-state index in [4.69, 9.17) is 0 Å². The van der Waals surface area contributed by atoms with Crippen LogP contribution in [0.3, 0.4) is 0 Å². The number of fused-ring (bicyclic) bond motifs is 1. The fourth-order valence-corrected chi connectivity index (χ4v) is 5.57. The number of carbonyl (C=O) groups is 2. The summed E-state index contributed by atoms with van der Waals surface area (Å²) < 4.78 is 3.48. The van der Waals surface area contributed by atoms with E-state index in [0.717, 1.165) is 34.4 Å². The van der Waals surface area contributed by atoms with Crippen LogP contribution in [0.25, 0.3) is 11.8 Å². The van der Waals surface area contributed by atoms with Crippen molar-refractivity contribution in [2.45, 2.75) is 32.0 Å². The minimum absolute atomic E-state index is 0.0466. The molecule has 3 aromatic carbocycles. The van der Waals surface area contributed by atoms with E-state index in [2.05, 4.69) is 22.3 Å². The lowest BCUT2D eigenvalue weighted by molar-refractivity contribution is -0.144. The first-order valence-corrected chi connectivity index (χ1v) is 14.5. The molecule has 43 heavy (non-hydrogen) atoms. The van der Waals surface area contributed by atoms with Crippen LogP contribution in [-0.4, -0.2) is 53.8 Å². The van der Waals surface area contributed by atoms with Crippen LogP contribution in [0, 0.1) is 0 Å². The van der Waals surface area contributed by atoms with Crippen molar-refractivity contribution in [3.63, 3.8) is 0 Å². The topological polar surface area (TPSA) is 76.3 Å². The monoisotopic (exact) mass is 570 g/mol. The minimum Gasteiger partial charge on any atom is -0.336 e. The first-order valence-electron chi connectivity index (χ1n) is 14.5. The average Bonchev–Trinajstić information content (AvgIpc) is 3.74. The Morgan fingerprint density at radius 1 is 0.907 bits per heavy atom. The van der Waals surface area contributed by atoms with Crippen molar-refractivity contribution < 1.29 is 9.59 Å². The summed E-state index contributed by atoms with van der Waals surface area (Å²) in [5.74, 6) is -0.277. The van der Waals surface area contributed by atoms with Crippen LogP contribution in [0.4, 0.5) is 0 Å². The summed E-state index contributed by atoms with van der Waals surface area (Å²) in [4.78, 5) is 32.1. The van der Waals surface area contributed by atoms with Gasteiger partial charge in [-0.25, -0.2) is 4.68 Å². The highest BCUT2D eigenvalue weighted by Crippen LogP contribution is 2.23. The predicted octanol–water partition coefficient (Wildman–Crippen LogP) is 4.84. The summed E-state index contributed by atoms with van der Waals surface area (Å²) in [6.07, 6.45) is 11.7. The Morgan fingerprint density at radius 3 is 2.40 bits per heavy atom. The van der Waals surface area contributed by atoms with E-state index >= 15 is 0 Å². The number of aryl methyl sites for hydroxylation is 1. The first kappa shape index (κ1) is 27.9. The first-order chi connectivity index (χ1) is 21.0. The third kappa shape index (κ3) is 6.64. The maximum absolute atomic E-state index is 14.4. The Kier molecular flexibility index (Phi) is 8.26. The van der Waals surface area contributed by atoms with Crippen molar-refractivity contribution in [2.24, 2.45) is 7.05 Å². The summed E-state index contributed by atoms with van der Waals surface area (Å²) in [6, 6.07) is 27.3. The van der Waals surface area contributed by atoms with Gasteiger partial charge in [0.25, 0.3) is 0 Å². The smallest absolute Gasteiger partial charge is 0.247 e. The van der Waals surface area contributed by atoms with Crippen molar-refractivity contribution >= 4 is 17.9 Å². The lowest BCUT2D eigenvalue weighted by Crippen LogP contribution is -2.52. The second-order valence-corrected chi connectivity index (χ2v) is 10.8. The summed E-state index contributed by atoms with van der Waals surface area (Å²) >= 11 is 0. The molecule has 0 N–H and O–H groups in total. The van der Waals surface area contributed by atoms with Gasteiger partial charge >= 0.3 is 0 Å². The molecule has 3 heterocycles. The highest BCUT2D eigenvalue weighted by atomic mass is 16.2. The zero-order valence-electron chi connectivity index (χ0n) is 24.2. The van der Waals surface area contributed by atoms with Gasteiger partial charge in [-0.3, -0.25) is 14.3 Å². The van der Waals surface area contributed by atoms with Crippen LogP contribution in [0.1, 0.15) is 27.8 Å². The molecule has 216 valence electrons. The molecule has 0 saturated carbocycles. The van der Waals surface area contributed by atoms with Crippen molar-refractivity contribution in [3.8, 4) is 5.69 Å². The standard InChI is InChI=1S/C35H34N6O2/c1-38-24-29(23-37-38)14-17-34(42)40(25-28-12-15-32(16-13-28)41-20-7-19-36-41)33(22-27-8-3-2-4-9-27)35(43)39-21-18-30-10-5-6-11-31(30)26-39/h2-17,19-20,23-24,33H,18,21-22,25-26H2,1H3/t33-/m0/s1. The van der Waals surface area contributed by atoms with Gasteiger partial charge in [0.1, 0.15) is 6.04 Å². The lowest BCUT2D eigenvalue weighted by atomic mass is 9.97. The van der Waals surface area contributed by atoms with Gasteiger partial charge in [0, 0.05) is 63.3 Å². The molecule has 0 fully saturated rings. The van der Waals surface area contributed by atoms with Crippen molar-refractivity contribution in [2.75, 3.05) is 6.54 Å². The number of hydrogen-bond donors (Lipinski definition) is 0. The average molecular weight is 571 g/mol. The Balaban J connectivity index is 1.34. The molecule has 0 unspecified atom stereocenters. The van der Waals surface area contributed by atoms with E-state index in [1.165, 1.54) is 5.56 Å². The van der Waals surface area contributed by atoms with Crippen LogP contribution in [0.15, 0.2) is 116 Å². The molecular formula is C35H34N6O2. The molecule has 0 radical (unpaired) electrons. The maximum atomic E-state index is 14.4. The zero-order valence-corrected chi connectivity index (χ0v) is 24.2. The Morgan fingerprint density at radius 2 is 1.67 bits per heavy atom. The van der Waals surface area contributed by atoms with E-state index in [-0.39, 0.29) is 18.4 Å². The number of benzene rings is 3. The number of nitrogens with zero attached hydrogens (tertiary/aromatic N) is 6. The maximum Gasteiger partial charge on any atom is 0.247 e. The zero-order chi connectivity index (χ0) is 29.6. The number of hydrogen-bond acceptors (Lipinski definition) is 4. The highest BCUT2D eigenvalue weighted by molar-refractivity contribution is 5.95. The Hall–Kier alpha value is -5.24. The van der Waals surface area contributed by atoms with Gasteiger partial charge in [-0.05, 0) is 52.9 Å². The molecule has 1 aliphatic heterocycles. The number of aromatic nitrogens is 4. The molecule has 2 aromatic heterocycles. The molecule has 0 saturated heterocycles. The molecule has 8 heteroatoms.